The van der Waals surface area contributed by atoms with Gasteiger partial charge in [-0.25, -0.2) is 0 Å². The van der Waals surface area contributed by atoms with E-state index in [4.69, 9.17) is 0 Å². The molecule has 2 rings (SSSR count). The van der Waals surface area contributed by atoms with Gasteiger partial charge in [-0.2, -0.15) is 0 Å². The molecule has 2 aromatic rings. The van der Waals surface area contributed by atoms with Crippen molar-refractivity contribution in [3.63, 3.8) is 0 Å². The second-order valence-corrected chi connectivity index (χ2v) is 5.39. The largest absolute Gasteiger partial charge is 0.104 e. The first-order valence-corrected chi connectivity index (χ1v) is 6.54. The molecular weight excluding hydrogens is 208 g/mol. The zero-order valence-corrected chi connectivity index (χ0v) is 11.6. The first-order chi connectivity index (χ1) is 7.79. The van der Waals surface area contributed by atoms with Gasteiger partial charge < -0.3 is 0 Å². The maximum Gasteiger partial charge on any atom is 0.0337 e. The summed E-state index contributed by atoms with van der Waals surface area (Å²) >= 11 is 0. The van der Waals surface area contributed by atoms with Crippen LogP contribution in [-0.2, 0) is 0 Å². The van der Waals surface area contributed by atoms with Crippen LogP contribution in [0.2, 0.25) is 0 Å². The maximum atomic E-state index is 4.17. The summed E-state index contributed by atoms with van der Waals surface area (Å²) in [6.07, 6.45) is 0. The topological polar surface area (TPSA) is 0 Å². The van der Waals surface area contributed by atoms with Crippen LogP contribution < -0.4 is 0 Å². The van der Waals surface area contributed by atoms with Gasteiger partial charge in [-0.15, -0.1) is 6.58 Å². The van der Waals surface area contributed by atoms with Crippen molar-refractivity contribution in [2.45, 2.75) is 5.92 Å². The van der Waals surface area contributed by atoms with Crippen LogP contribution in [0.4, 0.5) is 0 Å². The standard InChI is InChI=1S/C15H16Si/c1-12(16)15(13-8-4-2-5-9-13)14-10-6-3-7-11-14/h2-11,15H,1H2,16H3. The number of benzene rings is 2. The molecule has 0 fully saturated rings. The Kier molecular flexibility index (Phi) is 3.37. The van der Waals surface area contributed by atoms with Crippen LogP contribution in [0.1, 0.15) is 17.0 Å². The third-order valence-electron chi connectivity index (χ3n) is 2.76. The van der Waals surface area contributed by atoms with Crippen molar-refractivity contribution in [1.29, 1.82) is 0 Å². The van der Waals surface area contributed by atoms with E-state index >= 15 is 0 Å². The number of hydrogen-bond acceptors (Lipinski definition) is 0. The van der Waals surface area contributed by atoms with Crippen molar-refractivity contribution in [3.05, 3.63) is 83.6 Å². The number of rotatable bonds is 3. The lowest BCUT2D eigenvalue weighted by Gasteiger charge is -2.18. The van der Waals surface area contributed by atoms with Gasteiger partial charge >= 0.3 is 0 Å². The van der Waals surface area contributed by atoms with Crippen LogP contribution in [0.15, 0.2) is 72.4 Å². The van der Waals surface area contributed by atoms with Crippen LogP contribution in [-0.4, -0.2) is 10.2 Å². The molecular formula is C15H16Si. The molecule has 0 N–H and O–H groups in total. The Morgan fingerprint density at radius 2 is 1.19 bits per heavy atom. The molecule has 0 aliphatic carbocycles. The summed E-state index contributed by atoms with van der Waals surface area (Å²) in [6, 6.07) is 21.2. The minimum absolute atomic E-state index is 0.370. The van der Waals surface area contributed by atoms with Crippen LogP contribution in [0.5, 0.6) is 0 Å². The zero-order chi connectivity index (χ0) is 11.4. The van der Waals surface area contributed by atoms with E-state index in [1.807, 2.05) is 0 Å². The van der Waals surface area contributed by atoms with E-state index in [-0.39, 0.29) is 0 Å². The molecule has 0 amide bonds. The molecule has 0 unspecified atom stereocenters. The molecule has 0 saturated heterocycles. The minimum Gasteiger partial charge on any atom is -0.104 e. The van der Waals surface area contributed by atoms with Crippen molar-refractivity contribution in [2.24, 2.45) is 0 Å². The first kappa shape index (κ1) is 10.9. The number of hydrogen-bond donors (Lipinski definition) is 0. The fourth-order valence-corrected chi connectivity index (χ4v) is 2.72. The summed E-state index contributed by atoms with van der Waals surface area (Å²) in [5.74, 6) is 0.370. The summed E-state index contributed by atoms with van der Waals surface area (Å²) < 4.78 is 0. The highest BCUT2D eigenvalue weighted by Crippen LogP contribution is 2.28. The van der Waals surface area contributed by atoms with E-state index in [1.54, 1.807) is 0 Å². The lowest BCUT2D eigenvalue weighted by Crippen LogP contribution is -2.03. The average Bonchev–Trinajstić information content (AvgIpc) is 2.31. The van der Waals surface area contributed by atoms with Gasteiger partial charge in [0.05, 0.1) is 0 Å². The lowest BCUT2D eigenvalue weighted by molar-refractivity contribution is 1.01. The van der Waals surface area contributed by atoms with Gasteiger partial charge in [0, 0.05) is 16.2 Å². The van der Waals surface area contributed by atoms with Gasteiger partial charge in [-0.1, -0.05) is 65.9 Å². The first-order valence-electron chi connectivity index (χ1n) is 5.54. The van der Waals surface area contributed by atoms with E-state index in [0.29, 0.717) is 5.92 Å². The van der Waals surface area contributed by atoms with Crippen molar-refractivity contribution in [3.8, 4) is 0 Å². The highest BCUT2D eigenvalue weighted by atomic mass is 28.1. The van der Waals surface area contributed by atoms with Crippen LogP contribution in [0, 0.1) is 0 Å². The summed E-state index contributed by atoms with van der Waals surface area (Å²) in [6.45, 7) is 4.17. The Morgan fingerprint density at radius 3 is 1.50 bits per heavy atom. The highest BCUT2D eigenvalue weighted by Gasteiger charge is 2.13. The summed E-state index contributed by atoms with van der Waals surface area (Å²) in [4.78, 5) is 0. The summed E-state index contributed by atoms with van der Waals surface area (Å²) in [5, 5.41) is 1.32. The molecule has 0 aliphatic heterocycles. The SMILES string of the molecule is C=C([SiH3])C(c1ccccc1)c1ccccc1. The third kappa shape index (κ3) is 2.31. The molecule has 2 aromatic carbocycles. The van der Waals surface area contributed by atoms with Crippen molar-refractivity contribution in [1.82, 2.24) is 0 Å². The molecule has 0 aromatic heterocycles. The van der Waals surface area contributed by atoms with Crippen LogP contribution in [0.3, 0.4) is 0 Å². The molecule has 0 heterocycles. The Morgan fingerprint density at radius 1 is 0.812 bits per heavy atom. The summed E-state index contributed by atoms with van der Waals surface area (Å²) in [7, 11) is 1.03. The molecule has 0 saturated carbocycles. The van der Waals surface area contributed by atoms with Gasteiger partial charge in [0.15, 0.2) is 0 Å². The van der Waals surface area contributed by atoms with E-state index in [9.17, 15) is 0 Å². The smallest absolute Gasteiger partial charge is 0.0337 e. The average molecular weight is 224 g/mol. The lowest BCUT2D eigenvalue weighted by atomic mass is 9.91. The third-order valence-corrected chi connectivity index (χ3v) is 3.34. The normalized spacial score (nSPS) is 10.6. The Labute approximate surface area is 100 Å². The van der Waals surface area contributed by atoms with E-state index < -0.39 is 0 Å². The molecule has 16 heavy (non-hydrogen) atoms. The van der Waals surface area contributed by atoms with E-state index in [0.717, 1.165) is 10.2 Å². The molecule has 0 bridgehead atoms. The number of allylic oxidation sites excluding steroid dienone is 1. The fraction of sp³-hybridized carbons (Fsp3) is 0.0667. The summed E-state index contributed by atoms with van der Waals surface area (Å²) in [5.41, 5.74) is 2.68. The second-order valence-electron chi connectivity index (χ2n) is 4.10. The molecule has 0 spiro atoms. The Hall–Kier alpha value is -1.60. The van der Waals surface area contributed by atoms with E-state index in [1.165, 1.54) is 16.3 Å². The molecule has 1 heteroatoms. The quantitative estimate of drug-likeness (QED) is 0.703. The Bertz CT molecular complexity index is 420. The van der Waals surface area contributed by atoms with Gasteiger partial charge in [0.2, 0.25) is 0 Å². The van der Waals surface area contributed by atoms with Gasteiger partial charge in [-0.05, 0) is 11.1 Å². The van der Waals surface area contributed by atoms with E-state index in [2.05, 4.69) is 67.2 Å². The highest BCUT2D eigenvalue weighted by molar-refractivity contribution is 6.22. The monoisotopic (exact) mass is 224 g/mol. The molecule has 0 nitrogen and oxygen atoms in total. The van der Waals surface area contributed by atoms with Crippen LogP contribution >= 0.6 is 0 Å². The maximum absolute atomic E-state index is 4.17. The van der Waals surface area contributed by atoms with Gasteiger partial charge in [0.1, 0.15) is 0 Å². The predicted molar refractivity (Wildman–Crippen MR) is 73.8 cm³/mol. The van der Waals surface area contributed by atoms with Crippen molar-refractivity contribution in [2.75, 3.05) is 0 Å². The Balaban J connectivity index is 2.44. The second kappa shape index (κ2) is 4.95. The molecule has 0 atom stereocenters. The molecule has 0 radical (unpaired) electrons. The van der Waals surface area contributed by atoms with Crippen molar-refractivity contribution >= 4 is 10.2 Å². The fourth-order valence-electron chi connectivity index (χ4n) is 2.05. The van der Waals surface area contributed by atoms with Gasteiger partial charge in [0.25, 0.3) is 0 Å². The molecule has 0 aliphatic rings. The minimum atomic E-state index is 0.370. The zero-order valence-electron chi connectivity index (χ0n) is 9.56. The van der Waals surface area contributed by atoms with Crippen molar-refractivity contribution < 1.29 is 0 Å². The van der Waals surface area contributed by atoms with Crippen LogP contribution in [0.25, 0.3) is 0 Å². The predicted octanol–water partition coefficient (Wildman–Crippen LogP) is 2.70. The molecule has 80 valence electrons. The van der Waals surface area contributed by atoms with Gasteiger partial charge in [-0.3, -0.25) is 0 Å².